The highest BCUT2D eigenvalue weighted by Gasteiger charge is 2.12. The number of hydrogen-bond donors (Lipinski definition) is 1. The Bertz CT molecular complexity index is 1050. The second kappa shape index (κ2) is 8.05. The van der Waals surface area contributed by atoms with Gasteiger partial charge < -0.3 is 9.84 Å². The lowest BCUT2D eigenvalue weighted by molar-refractivity contribution is -0.115. The fourth-order valence-corrected chi connectivity index (χ4v) is 3.54. The van der Waals surface area contributed by atoms with Crippen molar-refractivity contribution in [1.29, 1.82) is 0 Å². The number of carbonyl (C=O) groups is 1. The Kier molecular flexibility index (Phi) is 5.16. The molecule has 6 heteroatoms. The zero-order valence-electron chi connectivity index (χ0n) is 14.5. The number of hydrogen-bond acceptors (Lipinski definition) is 5. The maximum absolute atomic E-state index is 12.3. The molecule has 0 atom stereocenters. The van der Waals surface area contributed by atoms with E-state index in [0.717, 1.165) is 21.7 Å². The fourth-order valence-electron chi connectivity index (χ4n) is 2.71. The molecule has 2 aromatic heterocycles. The van der Waals surface area contributed by atoms with Gasteiger partial charge in [-0.05, 0) is 48.0 Å². The van der Waals surface area contributed by atoms with Gasteiger partial charge in [-0.1, -0.05) is 23.4 Å². The Hall–Kier alpha value is -3.12. The highest BCUT2D eigenvalue weighted by atomic mass is 32.2. The van der Waals surface area contributed by atoms with Crippen molar-refractivity contribution in [3.63, 3.8) is 0 Å². The van der Waals surface area contributed by atoms with Crippen molar-refractivity contribution in [3.8, 4) is 0 Å². The molecule has 2 heterocycles. The molecular formula is C21H17N3O2S. The Morgan fingerprint density at radius 2 is 1.89 bits per heavy atom. The quantitative estimate of drug-likeness (QED) is 0.495. The number of benzene rings is 2. The standard InChI is InChI=1S/C21H17N3O2S/c25-21(12-19-18-5-1-2-6-20(18)26-24-19)23-16-7-9-17(10-8-16)27-14-15-4-3-11-22-13-15/h1-11,13H,12,14H2,(H,23,25). The molecule has 0 aliphatic carbocycles. The zero-order valence-corrected chi connectivity index (χ0v) is 15.3. The number of nitrogens with one attached hydrogen (secondary N) is 1. The lowest BCUT2D eigenvalue weighted by atomic mass is 10.1. The third-order valence-electron chi connectivity index (χ3n) is 4.05. The fraction of sp³-hybridized carbons (Fsp3) is 0.0952. The molecule has 134 valence electrons. The summed E-state index contributed by atoms with van der Waals surface area (Å²) >= 11 is 1.73. The topological polar surface area (TPSA) is 68.0 Å². The third-order valence-corrected chi connectivity index (χ3v) is 5.13. The van der Waals surface area contributed by atoms with Crippen LogP contribution in [-0.4, -0.2) is 16.0 Å². The number of amides is 1. The van der Waals surface area contributed by atoms with Crippen molar-refractivity contribution in [2.75, 3.05) is 5.32 Å². The monoisotopic (exact) mass is 375 g/mol. The average Bonchev–Trinajstić information content (AvgIpc) is 3.11. The second-order valence-electron chi connectivity index (χ2n) is 6.02. The first-order valence-electron chi connectivity index (χ1n) is 8.53. The van der Waals surface area contributed by atoms with Crippen molar-refractivity contribution >= 4 is 34.3 Å². The molecule has 2 aromatic carbocycles. The predicted molar refractivity (Wildman–Crippen MR) is 107 cm³/mol. The van der Waals surface area contributed by atoms with Gasteiger partial charge in [-0.25, -0.2) is 0 Å². The van der Waals surface area contributed by atoms with E-state index in [9.17, 15) is 4.79 Å². The van der Waals surface area contributed by atoms with Gasteiger partial charge in [-0.15, -0.1) is 11.8 Å². The number of fused-ring (bicyclic) bond motifs is 1. The predicted octanol–water partition coefficient (Wildman–Crippen LogP) is 4.70. The van der Waals surface area contributed by atoms with Crippen molar-refractivity contribution < 1.29 is 9.32 Å². The van der Waals surface area contributed by atoms with E-state index in [1.54, 1.807) is 18.0 Å². The van der Waals surface area contributed by atoms with Crippen LogP contribution < -0.4 is 5.32 Å². The van der Waals surface area contributed by atoms with Gasteiger partial charge in [-0.2, -0.15) is 0 Å². The van der Waals surface area contributed by atoms with Crippen LogP contribution in [0.3, 0.4) is 0 Å². The lowest BCUT2D eigenvalue weighted by Crippen LogP contribution is -2.14. The normalized spacial score (nSPS) is 10.8. The molecule has 1 amide bonds. The van der Waals surface area contributed by atoms with Crippen LogP contribution in [0.5, 0.6) is 0 Å². The number of anilines is 1. The molecular weight excluding hydrogens is 358 g/mol. The zero-order chi connectivity index (χ0) is 18.5. The molecule has 27 heavy (non-hydrogen) atoms. The number of thioether (sulfide) groups is 1. The van der Waals surface area contributed by atoms with Gasteiger partial charge in [-0.3, -0.25) is 9.78 Å². The number of nitrogens with zero attached hydrogens (tertiary/aromatic N) is 2. The van der Waals surface area contributed by atoms with Crippen LogP contribution in [0.25, 0.3) is 11.0 Å². The minimum absolute atomic E-state index is 0.121. The Labute approximate surface area is 160 Å². The summed E-state index contributed by atoms with van der Waals surface area (Å²) in [4.78, 5) is 17.6. The van der Waals surface area contributed by atoms with Crippen LogP contribution in [0.15, 0.2) is 82.5 Å². The van der Waals surface area contributed by atoms with Crippen LogP contribution >= 0.6 is 11.8 Å². The maximum Gasteiger partial charge on any atom is 0.230 e. The molecule has 4 aromatic rings. The Morgan fingerprint density at radius 1 is 1.04 bits per heavy atom. The minimum atomic E-state index is -0.121. The molecule has 0 fully saturated rings. The molecule has 0 bridgehead atoms. The van der Waals surface area contributed by atoms with E-state index >= 15 is 0 Å². The number of rotatable bonds is 6. The van der Waals surface area contributed by atoms with E-state index in [4.69, 9.17) is 4.52 Å². The van der Waals surface area contributed by atoms with Crippen LogP contribution in [0.4, 0.5) is 5.69 Å². The second-order valence-corrected chi connectivity index (χ2v) is 7.07. The van der Waals surface area contributed by atoms with E-state index in [-0.39, 0.29) is 12.3 Å². The van der Waals surface area contributed by atoms with Crippen molar-refractivity contribution in [2.45, 2.75) is 17.1 Å². The molecule has 4 rings (SSSR count). The SMILES string of the molecule is O=C(Cc1noc2ccccc12)Nc1ccc(SCc2cccnc2)cc1. The van der Waals surface area contributed by atoms with Crippen LogP contribution in [-0.2, 0) is 17.0 Å². The first kappa shape index (κ1) is 17.3. The smallest absolute Gasteiger partial charge is 0.230 e. The molecule has 0 aliphatic rings. The van der Waals surface area contributed by atoms with Gasteiger partial charge in [0.05, 0.1) is 6.42 Å². The summed E-state index contributed by atoms with van der Waals surface area (Å²) in [5, 5.41) is 7.78. The van der Waals surface area contributed by atoms with Crippen molar-refractivity contribution in [1.82, 2.24) is 10.1 Å². The van der Waals surface area contributed by atoms with Gasteiger partial charge in [0.15, 0.2) is 5.58 Å². The highest BCUT2D eigenvalue weighted by molar-refractivity contribution is 7.98. The molecule has 5 nitrogen and oxygen atoms in total. The molecule has 0 spiro atoms. The summed E-state index contributed by atoms with van der Waals surface area (Å²) in [6, 6.07) is 19.3. The third kappa shape index (κ3) is 4.35. The number of pyridine rings is 1. The molecule has 1 N–H and O–H groups in total. The Balaban J connectivity index is 1.34. The molecule has 0 saturated heterocycles. The average molecular weight is 375 g/mol. The molecule has 0 radical (unpaired) electrons. The molecule has 0 aliphatic heterocycles. The van der Waals surface area contributed by atoms with E-state index in [0.29, 0.717) is 11.3 Å². The lowest BCUT2D eigenvalue weighted by Gasteiger charge is -2.06. The summed E-state index contributed by atoms with van der Waals surface area (Å²) in [5.74, 6) is 0.739. The van der Waals surface area contributed by atoms with Crippen LogP contribution in [0.2, 0.25) is 0 Å². The van der Waals surface area contributed by atoms with Gasteiger partial charge in [0.2, 0.25) is 5.91 Å². The van der Waals surface area contributed by atoms with E-state index in [2.05, 4.69) is 21.5 Å². The van der Waals surface area contributed by atoms with E-state index < -0.39 is 0 Å². The summed E-state index contributed by atoms with van der Waals surface area (Å²) in [6.07, 6.45) is 3.82. The first-order valence-corrected chi connectivity index (χ1v) is 9.51. The maximum atomic E-state index is 12.3. The molecule has 0 saturated carbocycles. The van der Waals surface area contributed by atoms with Crippen molar-refractivity contribution in [3.05, 3.63) is 84.3 Å². The van der Waals surface area contributed by atoms with Crippen LogP contribution in [0, 0.1) is 0 Å². The first-order chi connectivity index (χ1) is 13.3. The van der Waals surface area contributed by atoms with Gasteiger partial charge >= 0.3 is 0 Å². The summed E-state index contributed by atoms with van der Waals surface area (Å²) in [5.41, 5.74) is 3.28. The van der Waals surface area contributed by atoms with E-state index in [1.165, 1.54) is 5.56 Å². The van der Waals surface area contributed by atoms with Crippen LogP contribution in [0.1, 0.15) is 11.3 Å². The number of aromatic nitrogens is 2. The number of carbonyl (C=O) groups excluding carboxylic acids is 1. The van der Waals surface area contributed by atoms with Gasteiger partial charge in [0, 0.05) is 34.1 Å². The summed E-state index contributed by atoms with van der Waals surface area (Å²) in [7, 11) is 0. The summed E-state index contributed by atoms with van der Waals surface area (Å²) < 4.78 is 5.24. The number of para-hydroxylation sites is 1. The molecule has 0 unspecified atom stereocenters. The largest absolute Gasteiger partial charge is 0.356 e. The Morgan fingerprint density at radius 3 is 2.70 bits per heavy atom. The summed E-state index contributed by atoms with van der Waals surface area (Å²) in [6.45, 7) is 0. The van der Waals surface area contributed by atoms with E-state index in [1.807, 2.05) is 60.8 Å². The van der Waals surface area contributed by atoms with Crippen molar-refractivity contribution in [2.24, 2.45) is 0 Å². The highest BCUT2D eigenvalue weighted by Crippen LogP contribution is 2.24. The van der Waals surface area contributed by atoms with Gasteiger partial charge in [0.1, 0.15) is 5.69 Å². The van der Waals surface area contributed by atoms with Gasteiger partial charge in [0.25, 0.3) is 0 Å². The minimum Gasteiger partial charge on any atom is -0.356 e.